The molecule has 1 aromatic carbocycles. The van der Waals surface area contributed by atoms with Gasteiger partial charge in [0.1, 0.15) is 18.3 Å². The molecular formula is C17H15F5N4O2. The molecule has 1 atom stereocenters. The molecule has 150 valence electrons. The van der Waals surface area contributed by atoms with E-state index in [0.717, 1.165) is 12.1 Å². The van der Waals surface area contributed by atoms with Crippen LogP contribution in [0.4, 0.5) is 33.5 Å². The zero-order valence-electron chi connectivity index (χ0n) is 14.2. The van der Waals surface area contributed by atoms with Crippen molar-refractivity contribution in [2.45, 2.75) is 18.6 Å². The van der Waals surface area contributed by atoms with Gasteiger partial charge in [-0.1, -0.05) is 0 Å². The van der Waals surface area contributed by atoms with Crippen molar-refractivity contribution < 1.29 is 31.4 Å². The van der Waals surface area contributed by atoms with Crippen LogP contribution in [0.3, 0.4) is 0 Å². The minimum Gasteiger partial charge on any atom is -0.431 e. The van der Waals surface area contributed by atoms with E-state index in [1.165, 1.54) is 24.4 Å². The summed E-state index contributed by atoms with van der Waals surface area (Å²) in [6.07, 6.45) is -1.80. The molecule has 0 aliphatic carbocycles. The highest BCUT2D eigenvalue weighted by Gasteiger charge is 2.46. The third kappa shape index (κ3) is 3.98. The molecule has 0 amide bonds. The van der Waals surface area contributed by atoms with Gasteiger partial charge in [-0.2, -0.15) is 8.78 Å². The summed E-state index contributed by atoms with van der Waals surface area (Å²) < 4.78 is 76.5. The van der Waals surface area contributed by atoms with Crippen molar-refractivity contribution in [2.75, 3.05) is 18.5 Å². The van der Waals surface area contributed by atoms with Gasteiger partial charge in [-0.25, -0.2) is 18.2 Å². The van der Waals surface area contributed by atoms with Crippen molar-refractivity contribution >= 4 is 17.3 Å². The molecule has 0 spiro atoms. The molecule has 2 aromatic rings. The van der Waals surface area contributed by atoms with Crippen molar-refractivity contribution in [1.82, 2.24) is 4.98 Å². The number of hydrogen-bond donors (Lipinski definition) is 2. The van der Waals surface area contributed by atoms with Gasteiger partial charge in [0.25, 0.3) is 6.43 Å². The molecule has 0 saturated carbocycles. The van der Waals surface area contributed by atoms with E-state index >= 15 is 0 Å². The van der Waals surface area contributed by atoms with E-state index in [9.17, 15) is 22.0 Å². The first-order valence-corrected chi connectivity index (χ1v) is 7.99. The number of amidine groups is 1. The quantitative estimate of drug-likeness (QED) is 0.724. The summed E-state index contributed by atoms with van der Waals surface area (Å²) in [6.45, 7) is -3.81. The van der Waals surface area contributed by atoms with Gasteiger partial charge in [0.15, 0.2) is 17.1 Å². The summed E-state index contributed by atoms with van der Waals surface area (Å²) in [5.41, 5.74) is 2.85. The molecule has 0 radical (unpaired) electrons. The van der Waals surface area contributed by atoms with Gasteiger partial charge >= 0.3 is 6.61 Å². The average Bonchev–Trinajstić information content (AvgIpc) is 2.64. The Labute approximate surface area is 156 Å². The van der Waals surface area contributed by atoms with Gasteiger partial charge in [0, 0.05) is 17.4 Å². The lowest BCUT2D eigenvalue weighted by atomic mass is 9.90. The molecule has 3 N–H and O–H groups in total. The molecule has 1 aromatic heterocycles. The number of pyridine rings is 1. The summed E-state index contributed by atoms with van der Waals surface area (Å²) in [4.78, 5) is 7.63. The van der Waals surface area contributed by atoms with Gasteiger partial charge in [0.2, 0.25) is 0 Å². The fourth-order valence-corrected chi connectivity index (χ4v) is 2.75. The van der Waals surface area contributed by atoms with Crippen LogP contribution in [-0.4, -0.2) is 37.1 Å². The number of ether oxygens (including phenoxy) is 2. The molecule has 1 unspecified atom stereocenters. The van der Waals surface area contributed by atoms with Gasteiger partial charge in [-0.15, -0.1) is 0 Å². The summed E-state index contributed by atoms with van der Waals surface area (Å²) in [6, 6.07) is 5.87. The van der Waals surface area contributed by atoms with Crippen LogP contribution in [0.1, 0.15) is 5.56 Å². The maximum absolute atomic E-state index is 14.4. The zero-order valence-corrected chi connectivity index (χ0v) is 14.2. The highest BCUT2D eigenvalue weighted by atomic mass is 19.3. The maximum atomic E-state index is 14.4. The summed E-state index contributed by atoms with van der Waals surface area (Å²) in [5.74, 6) is -1.51. The van der Waals surface area contributed by atoms with E-state index in [2.05, 4.69) is 20.0 Å². The Balaban J connectivity index is 2.00. The minimum absolute atomic E-state index is 0.102. The first-order valence-electron chi connectivity index (χ1n) is 7.99. The molecule has 1 aliphatic rings. The van der Waals surface area contributed by atoms with Gasteiger partial charge < -0.3 is 20.5 Å². The largest absolute Gasteiger partial charge is 0.431 e. The topological polar surface area (TPSA) is 81.8 Å². The van der Waals surface area contributed by atoms with Crippen molar-refractivity contribution in [2.24, 2.45) is 10.7 Å². The molecule has 0 fully saturated rings. The molecule has 0 saturated heterocycles. The van der Waals surface area contributed by atoms with Gasteiger partial charge in [-0.3, -0.25) is 4.99 Å². The van der Waals surface area contributed by atoms with E-state index in [-0.39, 0.29) is 29.7 Å². The second-order valence-electron chi connectivity index (χ2n) is 5.87. The van der Waals surface area contributed by atoms with Crippen LogP contribution in [0, 0.1) is 5.82 Å². The van der Waals surface area contributed by atoms with Crippen LogP contribution >= 0.6 is 0 Å². The highest BCUT2D eigenvalue weighted by Crippen LogP contribution is 2.38. The Hall–Kier alpha value is -2.95. The first kappa shape index (κ1) is 19.8. The molecule has 2 heterocycles. The number of benzene rings is 1. The Morgan fingerprint density at radius 1 is 1.21 bits per heavy atom. The lowest BCUT2D eigenvalue weighted by molar-refractivity contribution is -0.0495. The fourth-order valence-electron chi connectivity index (χ4n) is 2.75. The van der Waals surface area contributed by atoms with Crippen molar-refractivity contribution in [3.63, 3.8) is 0 Å². The number of alkyl halides is 4. The second-order valence-corrected chi connectivity index (χ2v) is 5.87. The Morgan fingerprint density at radius 3 is 2.68 bits per heavy atom. The van der Waals surface area contributed by atoms with Crippen LogP contribution in [0.5, 0.6) is 5.75 Å². The lowest BCUT2D eigenvalue weighted by Crippen LogP contribution is -2.45. The summed E-state index contributed by atoms with van der Waals surface area (Å²) in [7, 11) is 0. The summed E-state index contributed by atoms with van der Waals surface area (Å²) >= 11 is 0. The van der Waals surface area contributed by atoms with Crippen LogP contribution in [0.15, 0.2) is 41.5 Å². The van der Waals surface area contributed by atoms with Gasteiger partial charge in [0.05, 0.1) is 6.61 Å². The number of halogens is 5. The fraction of sp³-hybridized carbons (Fsp3) is 0.294. The van der Waals surface area contributed by atoms with Crippen LogP contribution < -0.4 is 15.8 Å². The van der Waals surface area contributed by atoms with E-state index in [1.54, 1.807) is 0 Å². The smallest absolute Gasteiger partial charge is 0.387 e. The zero-order chi connectivity index (χ0) is 20.3. The normalized spacial score (nSPS) is 19.6. The lowest BCUT2D eigenvalue weighted by Gasteiger charge is -2.33. The number of aromatic nitrogens is 1. The van der Waals surface area contributed by atoms with Gasteiger partial charge in [-0.05, 0) is 30.3 Å². The maximum Gasteiger partial charge on any atom is 0.387 e. The van der Waals surface area contributed by atoms with Crippen LogP contribution in [0.25, 0.3) is 0 Å². The van der Waals surface area contributed by atoms with E-state index < -0.39 is 36.6 Å². The first-order chi connectivity index (χ1) is 13.3. The third-order valence-electron chi connectivity index (χ3n) is 3.96. The predicted octanol–water partition coefficient (Wildman–Crippen LogP) is 3.41. The highest BCUT2D eigenvalue weighted by molar-refractivity contribution is 5.82. The third-order valence-corrected chi connectivity index (χ3v) is 3.96. The number of nitrogens with two attached hydrogens (primary N) is 1. The van der Waals surface area contributed by atoms with Crippen LogP contribution in [0.2, 0.25) is 0 Å². The monoisotopic (exact) mass is 402 g/mol. The van der Waals surface area contributed by atoms with Crippen LogP contribution in [-0.2, 0) is 10.3 Å². The number of nitrogens with zero attached hydrogens (tertiary/aromatic N) is 2. The van der Waals surface area contributed by atoms with E-state index in [4.69, 9.17) is 10.5 Å². The Morgan fingerprint density at radius 2 is 2.00 bits per heavy atom. The van der Waals surface area contributed by atoms with Crippen molar-refractivity contribution in [1.29, 1.82) is 0 Å². The number of nitrogens with one attached hydrogen (secondary N) is 1. The van der Waals surface area contributed by atoms with Crippen molar-refractivity contribution in [3.8, 4) is 5.75 Å². The van der Waals surface area contributed by atoms with Crippen molar-refractivity contribution in [3.05, 3.63) is 47.9 Å². The Bertz CT molecular complexity index is 880. The number of hydrogen-bond acceptors (Lipinski definition) is 6. The second kappa shape index (κ2) is 7.97. The SMILES string of the molecule is NC1=NC(c2cc(Nc3ncccc3OC(F)F)ccc2F)(C(F)F)COC1. The van der Waals surface area contributed by atoms with E-state index in [0.29, 0.717) is 0 Å². The number of aliphatic imine (C=N–C) groups is 1. The molecular weight excluding hydrogens is 387 g/mol. The molecule has 28 heavy (non-hydrogen) atoms. The molecule has 1 aliphatic heterocycles. The Kier molecular flexibility index (Phi) is 5.63. The number of anilines is 2. The minimum atomic E-state index is -3.11. The predicted molar refractivity (Wildman–Crippen MR) is 90.7 cm³/mol. The standard InChI is InChI=1S/C17H15F5N4O2/c18-11-4-3-9(25-14-12(28-16(21)22)2-1-5-24-14)6-10(11)17(15(19)20)8-27-7-13(23)26-17/h1-6,15-16H,7-8H2,(H2,23,26)(H,24,25). The van der Waals surface area contributed by atoms with E-state index in [1.807, 2.05) is 0 Å². The number of rotatable bonds is 6. The molecule has 3 rings (SSSR count). The summed E-state index contributed by atoms with van der Waals surface area (Å²) in [5, 5.41) is 2.65. The molecule has 6 nitrogen and oxygen atoms in total. The molecule has 11 heteroatoms. The average molecular weight is 402 g/mol. The molecule has 0 bridgehead atoms.